The smallest absolute Gasteiger partial charge is 0.0221 e. The first-order valence-electron chi connectivity index (χ1n) is 7.07. The van der Waals surface area contributed by atoms with Crippen LogP contribution in [-0.4, -0.2) is 36.1 Å². The van der Waals surface area contributed by atoms with Crippen LogP contribution in [0.5, 0.6) is 0 Å². The topological polar surface area (TPSA) is 15.3 Å². The van der Waals surface area contributed by atoms with Gasteiger partial charge < -0.3 is 5.32 Å². The number of nitrogens with zero attached hydrogens (tertiary/aromatic N) is 1. The summed E-state index contributed by atoms with van der Waals surface area (Å²) in [5, 5.41) is 3.62. The van der Waals surface area contributed by atoms with Crippen LogP contribution in [0.1, 0.15) is 53.9 Å². The van der Waals surface area contributed by atoms with Crippen molar-refractivity contribution in [2.24, 2.45) is 5.92 Å². The lowest BCUT2D eigenvalue weighted by Crippen LogP contribution is -2.54. The van der Waals surface area contributed by atoms with Gasteiger partial charge in [0.05, 0.1) is 0 Å². The Morgan fingerprint density at radius 2 is 2.00 bits per heavy atom. The fourth-order valence-electron chi connectivity index (χ4n) is 2.77. The Morgan fingerprint density at radius 1 is 1.31 bits per heavy atom. The molecule has 0 amide bonds. The van der Waals surface area contributed by atoms with Crippen molar-refractivity contribution in [1.82, 2.24) is 10.2 Å². The lowest BCUT2D eigenvalue weighted by molar-refractivity contribution is 0.0607. The summed E-state index contributed by atoms with van der Waals surface area (Å²) in [7, 11) is 0. The predicted molar refractivity (Wildman–Crippen MR) is 71.8 cm³/mol. The number of nitrogens with one attached hydrogen (secondary N) is 1. The zero-order valence-corrected chi connectivity index (χ0v) is 11.8. The summed E-state index contributed by atoms with van der Waals surface area (Å²) < 4.78 is 0. The van der Waals surface area contributed by atoms with Gasteiger partial charge in [0.1, 0.15) is 0 Å². The van der Waals surface area contributed by atoms with Crippen molar-refractivity contribution in [1.29, 1.82) is 0 Å². The average molecular weight is 226 g/mol. The molecule has 4 unspecified atom stereocenters. The third-order valence-electron chi connectivity index (χ3n) is 4.39. The molecule has 1 aliphatic rings. The van der Waals surface area contributed by atoms with Crippen molar-refractivity contribution in [2.75, 3.05) is 13.1 Å². The molecule has 1 N–H and O–H groups in total. The van der Waals surface area contributed by atoms with Crippen molar-refractivity contribution in [3.63, 3.8) is 0 Å². The molecule has 0 radical (unpaired) electrons. The summed E-state index contributed by atoms with van der Waals surface area (Å²) in [6.45, 7) is 14.2. The van der Waals surface area contributed by atoms with E-state index in [1.807, 2.05) is 0 Å². The minimum Gasteiger partial charge on any atom is -0.313 e. The van der Waals surface area contributed by atoms with E-state index in [2.05, 4.69) is 44.8 Å². The Bertz CT molecular complexity index is 193. The average Bonchev–Trinajstić information content (AvgIpc) is 2.28. The first kappa shape index (κ1) is 14.0. The highest BCUT2D eigenvalue weighted by Crippen LogP contribution is 2.25. The van der Waals surface area contributed by atoms with Crippen molar-refractivity contribution in [3.8, 4) is 0 Å². The highest BCUT2D eigenvalue weighted by atomic mass is 15.2. The minimum absolute atomic E-state index is 0.604. The molecule has 0 bridgehead atoms. The Hall–Kier alpha value is -0.0800. The van der Waals surface area contributed by atoms with Crippen LogP contribution in [0.2, 0.25) is 0 Å². The van der Waals surface area contributed by atoms with Gasteiger partial charge in [-0.25, -0.2) is 0 Å². The van der Waals surface area contributed by atoms with E-state index in [0.717, 1.165) is 18.5 Å². The largest absolute Gasteiger partial charge is 0.313 e. The maximum absolute atomic E-state index is 3.62. The third kappa shape index (κ3) is 3.46. The molecule has 96 valence electrons. The van der Waals surface area contributed by atoms with Crippen molar-refractivity contribution in [3.05, 3.63) is 0 Å². The van der Waals surface area contributed by atoms with Crippen LogP contribution in [0.15, 0.2) is 0 Å². The zero-order chi connectivity index (χ0) is 12.1. The third-order valence-corrected chi connectivity index (χ3v) is 4.39. The van der Waals surface area contributed by atoms with E-state index >= 15 is 0 Å². The minimum atomic E-state index is 0.604. The standard InChI is InChI=1S/C14H30N2/c1-6-9-15-12(3)14(5)16-10-7-8-11(2)13(16)4/h11-15H,6-10H2,1-5H3. The second-order valence-corrected chi connectivity index (χ2v) is 5.58. The number of likely N-dealkylation sites (tertiary alicyclic amines) is 1. The Balaban J connectivity index is 2.47. The van der Waals surface area contributed by atoms with Crippen LogP contribution >= 0.6 is 0 Å². The van der Waals surface area contributed by atoms with E-state index in [-0.39, 0.29) is 0 Å². The molecule has 0 aromatic rings. The normalized spacial score (nSPS) is 31.3. The van der Waals surface area contributed by atoms with E-state index in [4.69, 9.17) is 0 Å². The second kappa shape index (κ2) is 6.61. The second-order valence-electron chi connectivity index (χ2n) is 5.58. The van der Waals surface area contributed by atoms with Crippen LogP contribution in [0.4, 0.5) is 0 Å². The van der Waals surface area contributed by atoms with E-state index in [0.29, 0.717) is 12.1 Å². The number of hydrogen-bond donors (Lipinski definition) is 1. The quantitative estimate of drug-likeness (QED) is 0.775. The Kier molecular flexibility index (Phi) is 5.77. The summed E-state index contributed by atoms with van der Waals surface area (Å²) in [5.74, 6) is 0.856. The van der Waals surface area contributed by atoms with Crippen molar-refractivity contribution < 1.29 is 0 Å². The van der Waals surface area contributed by atoms with Gasteiger partial charge in [0.15, 0.2) is 0 Å². The van der Waals surface area contributed by atoms with Crippen LogP contribution in [-0.2, 0) is 0 Å². The predicted octanol–water partition coefficient (Wildman–Crippen LogP) is 2.88. The van der Waals surface area contributed by atoms with E-state index < -0.39 is 0 Å². The number of piperidine rings is 1. The fourth-order valence-corrected chi connectivity index (χ4v) is 2.77. The maximum atomic E-state index is 3.62. The summed E-state index contributed by atoms with van der Waals surface area (Å²) in [6.07, 6.45) is 4.00. The van der Waals surface area contributed by atoms with Gasteiger partial charge >= 0.3 is 0 Å². The summed E-state index contributed by atoms with van der Waals surface area (Å²) in [4.78, 5) is 2.70. The lowest BCUT2D eigenvalue weighted by Gasteiger charge is -2.43. The Labute approximate surface area is 102 Å². The molecule has 1 heterocycles. The maximum Gasteiger partial charge on any atom is 0.0221 e. The highest BCUT2D eigenvalue weighted by molar-refractivity contribution is 4.86. The van der Waals surface area contributed by atoms with Crippen molar-refractivity contribution in [2.45, 2.75) is 72.0 Å². The molecule has 0 aliphatic carbocycles. The van der Waals surface area contributed by atoms with E-state index in [1.54, 1.807) is 0 Å². The van der Waals surface area contributed by atoms with Gasteiger partial charge in [0, 0.05) is 18.1 Å². The first-order chi connectivity index (χ1) is 7.57. The molecule has 2 nitrogen and oxygen atoms in total. The van der Waals surface area contributed by atoms with Gasteiger partial charge in [-0.2, -0.15) is 0 Å². The van der Waals surface area contributed by atoms with Crippen molar-refractivity contribution >= 4 is 0 Å². The summed E-state index contributed by atoms with van der Waals surface area (Å²) in [6, 6.07) is 2.01. The summed E-state index contributed by atoms with van der Waals surface area (Å²) in [5.41, 5.74) is 0. The van der Waals surface area contributed by atoms with Gasteiger partial charge in [-0.15, -0.1) is 0 Å². The first-order valence-corrected chi connectivity index (χ1v) is 7.07. The van der Waals surface area contributed by atoms with Crippen LogP contribution < -0.4 is 5.32 Å². The number of rotatable bonds is 5. The number of hydrogen-bond acceptors (Lipinski definition) is 2. The van der Waals surface area contributed by atoms with Gasteiger partial charge in [-0.3, -0.25) is 4.90 Å². The molecular weight excluding hydrogens is 196 g/mol. The molecule has 0 aromatic heterocycles. The molecule has 4 atom stereocenters. The molecule has 2 heteroatoms. The molecule has 0 aromatic carbocycles. The van der Waals surface area contributed by atoms with E-state index in [1.165, 1.54) is 25.8 Å². The van der Waals surface area contributed by atoms with Crippen LogP contribution in [0.25, 0.3) is 0 Å². The molecule has 16 heavy (non-hydrogen) atoms. The van der Waals surface area contributed by atoms with Gasteiger partial charge in [0.2, 0.25) is 0 Å². The summed E-state index contributed by atoms with van der Waals surface area (Å²) >= 11 is 0. The molecule has 1 fully saturated rings. The fraction of sp³-hybridized carbons (Fsp3) is 1.00. The molecule has 1 rings (SSSR count). The van der Waals surface area contributed by atoms with Gasteiger partial charge in [0.25, 0.3) is 0 Å². The van der Waals surface area contributed by atoms with E-state index in [9.17, 15) is 0 Å². The SMILES string of the molecule is CCCNC(C)C(C)N1CCCC(C)C1C. The zero-order valence-electron chi connectivity index (χ0n) is 11.8. The van der Waals surface area contributed by atoms with Crippen LogP contribution in [0, 0.1) is 5.92 Å². The lowest BCUT2D eigenvalue weighted by atomic mass is 9.90. The highest BCUT2D eigenvalue weighted by Gasteiger charge is 2.30. The Morgan fingerprint density at radius 3 is 2.62 bits per heavy atom. The van der Waals surface area contributed by atoms with Crippen LogP contribution in [0.3, 0.4) is 0 Å². The molecule has 0 spiro atoms. The molecule has 1 aliphatic heterocycles. The molecule has 1 saturated heterocycles. The monoisotopic (exact) mass is 226 g/mol. The van der Waals surface area contributed by atoms with Gasteiger partial charge in [-0.1, -0.05) is 13.8 Å². The van der Waals surface area contributed by atoms with Gasteiger partial charge in [-0.05, 0) is 59.0 Å². The molecule has 0 saturated carbocycles. The molecular formula is C14H30N2.